The molecule has 108 valence electrons. The summed E-state index contributed by atoms with van der Waals surface area (Å²) in [6.07, 6.45) is 1.81. The van der Waals surface area contributed by atoms with Crippen LogP contribution in [-0.2, 0) is 5.41 Å². The molecule has 0 aliphatic heterocycles. The first-order chi connectivity index (χ1) is 9.86. The SMILES string of the molecule is CC(C)(C)c1nc(-c2cnc3ccsc3c2)nc(N)c1I. The lowest BCUT2D eigenvalue weighted by atomic mass is 9.92. The summed E-state index contributed by atoms with van der Waals surface area (Å²) in [5.74, 6) is 1.16. The molecule has 0 saturated carbocycles. The Morgan fingerprint density at radius 2 is 2.00 bits per heavy atom. The van der Waals surface area contributed by atoms with E-state index in [1.165, 1.54) is 0 Å². The highest BCUT2D eigenvalue weighted by Crippen LogP contribution is 2.31. The maximum atomic E-state index is 6.07. The minimum Gasteiger partial charge on any atom is -0.383 e. The van der Waals surface area contributed by atoms with Crippen molar-refractivity contribution in [3.05, 3.63) is 33.0 Å². The molecule has 3 aromatic rings. The molecule has 0 fully saturated rings. The van der Waals surface area contributed by atoms with Gasteiger partial charge >= 0.3 is 0 Å². The molecule has 0 spiro atoms. The van der Waals surface area contributed by atoms with Gasteiger partial charge in [0.25, 0.3) is 0 Å². The molecule has 6 heteroatoms. The van der Waals surface area contributed by atoms with Crippen molar-refractivity contribution in [1.29, 1.82) is 0 Å². The lowest BCUT2D eigenvalue weighted by Crippen LogP contribution is -2.18. The van der Waals surface area contributed by atoms with Crippen molar-refractivity contribution >= 4 is 50.0 Å². The van der Waals surface area contributed by atoms with E-state index >= 15 is 0 Å². The van der Waals surface area contributed by atoms with E-state index in [-0.39, 0.29) is 5.41 Å². The Morgan fingerprint density at radius 1 is 1.24 bits per heavy atom. The summed E-state index contributed by atoms with van der Waals surface area (Å²) in [5, 5.41) is 2.03. The molecule has 3 rings (SSSR count). The number of halogens is 1. The predicted molar refractivity (Wildman–Crippen MR) is 96.5 cm³/mol. The van der Waals surface area contributed by atoms with Gasteiger partial charge in [-0.25, -0.2) is 9.97 Å². The van der Waals surface area contributed by atoms with Crippen LogP contribution >= 0.6 is 33.9 Å². The van der Waals surface area contributed by atoms with Crippen LogP contribution in [-0.4, -0.2) is 15.0 Å². The Labute approximate surface area is 141 Å². The van der Waals surface area contributed by atoms with Gasteiger partial charge in [0.05, 0.1) is 19.5 Å². The maximum absolute atomic E-state index is 6.07. The van der Waals surface area contributed by atoms with E-state index in [1.807, 2.05) is 17.6 Å². The van der Waals surface area contributed by atoms with Crippen LogP contribution in [0, 0.1) is 3.57 Å². The van der Waals surface area contributed by atoms with E-state index in [2.05, 4.69) is 59.4 Å². The Balaban J connectivity index is 2.20. The van der Waals surface area contributed by atoms with Gasteiger partial charge in [0.2, 0.25) is 0 Å². The van der Waals surface area contributed by atoms with E-state index in [4.69, 9.17) is 10.7 Å². The second kappa shape index (κ2) is 5.17. The van der Waals surface area contributed by atoms with Crippen molar-refractivity contribution in [3.8, 4) is 11.4 Å². The van der Waals surface area contributed by atoms with Gasteiger partial charge in [-0.1, -0.05) is 20.8 Å². The Bertz CT molecular complexity index is 820. The third-order valence-corrected chi connectivity index (χ3v) is 5.06. The summed E-state index contributed by atoms with van der Waals surface area (Å²) in [6, 6.07) is 4.08. The van der Waals surface area contributed by atoms with Gasteiger partial charge in [0.15, 0.2) is 5.82 Å². The van der Waals surface area contributed by atoms with E-state index in [1.54, 1.807) is 11.3 Å². The number of nitrogens with zero attached hydrogens (tertiary/aromatic N) is 3. The molecular formula is C15H15IN4S. The molecule has 3 aromatic heterocycles. The zero-order valence-corrected chi connectivity index (χ0v) is 15.0. The lowest BCUT2D eigenvalue weighted by molar-refractivity contribution is 0.564. The van der Waals surface area contributed by atoms with Crippen LogP contribution in [0.25, 0.3) is 21.6 Å². The fourth-order valence-electron chi connectivity index (χ4n) is 2.06. The average Bonchev–Trinajstić information content (AvgIpc) is 2.87. The zero-order chi connectivity index (χ0) is 15.2. The molecule has 0 unspecified atom stereocenters. The van der Waals surface area contributed by atoms with Crippen LogP contribution in [0.1, 0.15) is 26.5 Å². The Kier molecular flexibility index (Phi) is 3.61. The highest BCUT2D eigenvalue weighted by Gasteiger charge is 2.22. The molecule has 2 N–H and O–H groups in total. The van der Waals surface area contributed by atoms with Crippen molar-refractivity contribution in [3.63, 3.8) is 0 Å². The Morgan fingerprint density at radius 3 is 2.71 bits per heavy atom. The van der Waals surface area contributed by atoms with E-state index in [9.17, 15) is 0 Å². The number of nitrogen functional groups attached to an aromatic ring is 1. The van der Waals surface area contributed by atoms with Crippen LogP contribution < -0.4 is 5.73 Å². The minimum atomic E-state index is -0.0806. The van der Waals surface area contributed by atoms with Crippen LogP contribution in [0.5, 0.6) is 0 Å². The number of fused-ring (bicyclic) bond motifs is 1. The smallest absolute Gasteiger partial charge is 0.163 e. The van der Waals surface area contributed by atoms with Gasteiger partial charge < -0.3 is 5.73 Å². The third kappa shape index (κ3) is 2.74. The summed E-state index contributed by atoms with van der Waals surface area (Å²) >= 11 is 3.88. The number of rotatable bonds is 1. The van der Waals surface area contributed by atoms with Crippen LogP contribution in [0.4, 0.5) is 5.82 Å². The summed E-state index contributed by atoms with van der Waals surface area (Å²) in [5.41, 5.74) is 8.86. The molecule has 0 aliphatic carbocycles. The topological polar surface area (TPSA) is 64.7 Å². The second-order valence-corrected chi connectivity index (χ2v) is 7.90. The molecule has 0 saturated heterocycles. The average molecular weight is 410 g/mol. The van der Waals surface area contributed by atoms with Crippen LogP contribution in [0.2, 0.25) is 0 Å². The maximum Gasteiger partial charge on any atom is 0.163 e. The first kappa shape index (κ1) is 14.6. The highest BCUT2D eigenvalue weighted by molar-refractivity contribution is 14.1. The molecule has 4 nitrogen and oxygen atoms in total. The summed E-state index contributed by atoms with van der Waals surface area (Å²) in [4.78, 5) is 13.6. The largest absolute Gasteiger partial charge is 0.383 e. The molecule has 3 heterocycles. The number of pyridine rings is 1. The van der Waals surface area contributed by atoms with Gasteiger partial charge in [0.1, 0.15) is 5.82 Å². The molecule has 0 radical (unpaired) electrons. The monoisotopic (exact) mass is 410 g/mol. The van der Waals surface area contributed by atoms with E-state index < -0.39 is 0 Å². The molecule has 0 aromatic carbocycles. The van der Waals surface area contributed by atoms with Gasteiger partial charge in [-0.2, -0.15) is 0 Å². The molecule has 0 bridgehead atoms. The zero-order valence-electron chi connectivity index (χ0n) is 12.0. The van der Waals surface area contributed by atoms with Gasteiger partial charge in [-0.15, -0.1) is 11.3 Å². The Hall–Kier alpha value is -1.28. The standard InChI is InChI=1S/C15H15IN4S/c1-15(2,3)12-11(16)13(17)20-14(19-12)8-6-10-9(18-7-8)4-5-21-10/h4-7H,1-3H3,(H2,17,19,20). The second-order valence-electron chi connectivity index (χ2n) is 5.87. The molecule has 0 amide bonds. The number of hydrogen-bond donors (Lipinski definition) is 1. The summed E-state index contributed by atoms with van der Waals surface area (Å²) < 4.78 is 2.06. The number of hydrogen-bond acceptors (Lipinski definition) is 5. The van der Waals surface area contributed by atoms with Crippen LogP contribution in [0.3, 0.4) is 0 Å². The number of aromatic nitrogens is 3. The molecule has 0 atom stereocenters. The van der Waals surface area contributed by atoms with Crippen molar-refractivity contribution in [1.82, 2.24) is 15.0 Å². The van der Waals surface area contributed by atoms with Gasteiger partial charge in [0, 0.05) is 17.2 Å². The van der Waals surface area contributed by atoms with Gasteiger partial charge in [-0.05, 0) is 40.1 Å². The fraction of sp³-hybridized carbons (Fsp3) is 0.267. The fourth-order valence-corrected chi connectivity index (χ4v) is 3.89. The molecular weight excluding hydrogens is 395 g/mol. The van der Waals surface area contributed by atoms with Crippen LogP contribution in [0.15, 0.2) is 23.7 Å². The minimum absolute atomic E-state index is 0.0806. The first-order valence-corrected chi connectivity index (χ1v) is 8.49. The lowest BCUT2D eigenvalue weighted by Gasteiger charge is -2.20. The third-order valence-electron chi connectivity index (χ3n) is 3.15. The van der Waals surface area contributed by atoms with Crippen molar-refractivity contribution in [2.45, 2.75) is 26.2 Å². The number of nitrogens with two attached hydrogens (primary N) is 1. The van der Waals surface area contributed by atoms with E-state index in [0.717, 1.165) is 25.0 Å². The predicted octanol–water partition coefficient (Wildman–Crippen LogP) is 4.24. The van der Waals surface area contributed by atoms with E-state index in [0.29, 0.717) is 11.6 Å². The van der Waals surface area contributed by atoms with Crippen molar-refractivity contribution < 1.29 is 0 Å². The first-order valence-electron chi connectivity index (χ1n) is 6.53. The molecule has 0 aliphatic rings. The van der Waals surface area contributed by atoms with Crippen molar-refractivity contribution in [2.75, 3.05) is 5.73 Å². The highest BCUT2D eigenvalue weighted by atomic mass is 127. The quantitative estimate of drug-likeness (QED) is 0.610. The van der Waals surface area contributed by atoms with Gasteiger partial charge in [-0.3, -0.25) is 4.98 Å². The van der Waals surface area contributed by atoms with Crippen molar-refractivity contribution in [2.24, 2.45) is 0 Å². The summed E-state index contributed by atoms with van der Waals surface area (Å²) in [7, 11) is 0. The summed E-state index contributed by atoms with van der Waals surface area (Å²) in [6.45, 7) is 6.38. The normalized spacial score (nSPS) is 12.0. The molecule has 21 heavy (non-hydrogen) atoms. The number of anilines is 1. The number of thiophene rings is 1.